The second-order valence-electron chi connectivity index (χ2n) is 6.19. The third kappa shape index (κ3) is 5.83. The standard InChI is InChI=1S/C21H21N3O5/c1-14(25)23-16-5-9-19(10-6-16)28-13-17-11-20(29-24-17)12-22-21(26)15-3-7-18(27-2)8-4-15/h3-11H,12-13H2,1-2H3,(H,22,26)(H,23,25). The third-order valence-corrected chi connectivity index (χ3v) is 3.94. The average Bonchev–Trinajstić information content (AvgIpc) is 3.19. The summed E-state index contributed by atoms with van der Waals surface area (Å²) in [5, 5.41) is 9.40. The first-order chi connectivity index (χ1) is 14.0. The summed E-state index contributed by atoms with van der Waals surface area (Å²) in [6.07, 6.45) is 0. The number of hydrogen-bond acceptors (Lipinski definition) is 6. The average molecular weight is 395 g/mol. The van der Waals surface area contributed by atoms with Gasteiger partial charge in [0.2, 0.25) is 5.91 Å². The zero-order valence-electron chi connectivity index (χ0n) is 16.1. The molecule has 29 heavy (non-hydrogen) atoms. The number of ether oxygens (including phenoxy) is 2. The van der Waals surface area contributed by atoms with E-state index in [1.165, 1.54) is 6.92 Å². The van der Waals surface area contributed by atoms with E-state index in [4.69, 9.17) is 14.0 Å². The van der Waals surface area contributed by atoms with Crippen LogP contribution in [0.5, 0.6) is 11.5 Å². The predicted molar refractivity (Wildman–Crippen MR) is 106 cm³/mol. The lowest BCUT2D eigenvalue weighted by atomic mass is 10.2. The van der Waals surface area contributed by atoms with Crippen LogP contribution in [0.25, 0.3) is 0 Å². The Kier molecular flexibility index (Phi) is 6.47. The molecule has 2 aromatic carbocycles. The molecule has 1 aromatic heterocycles. The van der Waals surface area contributed by atoms with Crippen molar-refractivity contribution in [3.05, 3.63) is 71.6 Å². The fourth-order valence-corrected chi connectivity index (χ4v) is 2.51. The number of nitrogens with zero attached hydrogens (tertiary/aromatic N) is 1. The molecule has 8 heteroatoms. The van der Waals surface area contributed by atoms with Crippen LogP contribution in [0.1, 0.15) is 28.7 Å². The second-order valence-corrected chi connectivity index (χ2v) is 6.19. The molecule has 0 aliphatic rings. The number of rotatable bonds is 8. The van der Waals surface area contributed by atoms with Crippen molar-refractivity contribution >= 4 is 17.5 Å². The van der Waals surface area contributed by atoms with Gasteiger partial charge in [-0.05, 0) is 48.5 Å². The van der Waals surface area contributed by atoms with Gasteiger partial charge in [-0.3, -0.25) is 9.59 Å². The van der Waals surface area contributed by atoms with Gasteiger partial charge in [-0.2, -0.15) is 0 Å². The lowest BCUT2D eigenvalue weighted by Gasteiger charge is -2.05. The minimum atomic E-state index is -0.221. The summed E-state index contributed by atoms with van der Waals surface area (Å²) in [5.74, 6) is 1.49. The van der Waals surface area contributed by atoms with E-state index in [0.717, 1.165) is 0 Å². The van der Waals surface area contributed by atoms with E-state index >= 15 is 0 Å². The molecule has 0 saturated carbocycles. The Balaban J connectivity index is 1.47. The highest BCUT2D eigenvalue weighted by Gasteiger charge is 2.09. The zero-order valence-corrected chi connectivity index (χ0v) is 16.1. The van der Waals surface area contributed by atoms with Gasteiger partial charge in [0.05, 0.1) is 13.7 Å². The van der Waals surface area contributed by atoms with Crippen molar-refractivity contribution in [3.8, 4) is 11.5 Å². The van der Waals surface area contributed by atoms with Crippen LogP contribution >= 0.6 is 0 Å². The highest BCUT2D eigenvalue weighted by atomic mass is 16.5. The number of carbonyl (C=O) groups excluding carboxylic acids is 2. The van der Waals surface area contributed by atoms with Gasteiger partial charge >= 0.3 is 0 Å². The van der Waals surface area contributed by atoms with Gasteiger partial charge in [0.15, 0.2) is 5.76 Å². The second kappa shape index (κ2) is 9.41. The van der Waals surface area contributed by atoms with Gasteiger partial charge in [-0.25, -0.2) is 0 Å². The first kappa shape index (κ1) is 19.9. The number of hydrogen-bond donors (Lipinski definition) is 2. The summed E-state index contributed by atoms with van der Waals surface area (Å²) >= 11 is 0. The molecule has 0 fully saturated rings. The lowest BCUT2D eigenvalue weighted by Crippen LogP contribution is -2.22. The molecule has 0 bridgehead atoms. The van der Waals surface area contributed by atoms with Crippen molar-refractivity contribution in [2.75, 3.05) is 12.4 Å². The van der Waals surface area contributed by atoms with Crippen LogP contribution in [0.3, 0.4) is 0 Å². The molecule has 150 valence electrons. The molecular formula is C21H21N3O5. The number of methoxy groups -OCH3 is 1. The molecule has 3 rings (SSSR count). The van der Waals surface area contributed by atoms with Gasteiger partial charge in [-0.1, -0.05) is 5.16 Å². The third-order valence-electron chi connectivity index (χ3n) is 3.94. The van der Waals surface area contributed by atoms with Crippen molar-refractivity contribution in [2.24, 2.45) is 0 Å². The van der Waals surface area contributed by atoms with E-state index in [-0.39, 0.29) is 25.0 Å². The van der Waals surface area contributed by atoms with Gasteiger partial charge in [0, 0.05) is 24.2 Å². The maximum Gasteiger partial charge on any atom is 0.251 e. The van der Waals surface area contributed by atoms with Crippen LogP contribution in [0.4, 0.5) is 5.69 Å². The maximum absolute atomic E-state index is 12.2. The van der Waals surface area contributed by atoms with Crippen LogP contribution < -0.4 is 20.1 Å². The number of aromatic nitrogens is 1. The highest BCUT2D eigenvalue weighted by molar-refractivity contribution is 5.94. The summed E-state index contributed by atoms with van der Waals surface area (Å²) in [6.45, 7) is 1.88. The van der Waals surface area contributed by atoms with Crippen molar-refractivity contribution in [1.82, 2.24) is 10.5 Å². The first-order valence-corrected chi connectivity index (χ1v) is 8.90. The summed E-state index contributed by atoms with van der Waals surface area (Å²) in [4.78, 5) is 23.2. The van der Waals surface area contributed by atoms with Gasteiger partial charge < -0.3 is 24.6 Å². The van der Waals surface area contributed by atoms with Gasteiger partial charge in [0.25, 0.3) is 5.91 Å². The van der Waals surface area contributed by atoms with E-state index in [1.54, 1.807) is 61.7 Å². The van der Waals surface area contributed by atoms with Crippen LogP contribution in [-0.2, 0) is 17.9 Å². The van der Waals surface area contributed by atoms with Crippen LogP contribution in [0.15, 0.2) is 59.1 Å². The quantitative estimate of drug-likeness (QED) is 0.607. The number of carbonyl (C=O) groups is 2. The van der Waals surface area contributed by atoms with Crippen LogP contribution in [0.2, 0.25) is 0 Å². The van der Waals surface area contributed by atoms with Crippen molar-refractivity contribution in [1.29, 1.82) is 0 Å². The molecule has 2 amide bonds. The van der Waals surface area contributed by atoms with Crippen molar-refractivity contribution < 1.29 is 23.6 Å². The van der Waals surface area contributed by atoms with Gasteiger partial charge in [0.1, 0.15) is 23.8 Å². The van der Waals surface area contributed by atoms with E-state index in [1.807, 2.05) is 0 Å². The zero-order chi connectivity index (χ0) is 20.6. The summed E-state index contributed by atoms with van der Waals surface area (Å²) in [7, 11) is 1.57. The van der Waals surface area contributed by atoms with E-state index < -0.39 is 0 Å². The van der Waals surface area contributed by atoms with E-state index in [9.17, 15) is 9.59 Å². The Morgan fingerprint density at radius 2 is 1.72 bits per heavy atom. The van der Waals surface area contributed by atoms with Crippen molar-refractivity contribution in [2.45, 2.75) is 20.1 Å². The summed E-state index contributed by atoms with van der Waals surface area (Å²) in [6, 6.07) is 15.5. The molecule has 0 saturated heterocycles. The molecule has 0 spiro atoms. The topological polar surface area (TPSA) is 103 Å². The predicted octanol–water partition coefficient (Wildman–Crippen LogP) is 3.15. The summed E-state index contributed by atoms with van der Waals surface area (Å²) < 4.78 is 15.9. The minimum absolute atomic E-state index is 0.132. The fourth-order valence-electron chi connectivity index (χ4n) is 2.51. The molecule has 0 aliphatic carbocycles. The summed E-state index contributed by atoms with van der Waals surface area (Å²) in [5.41, 5.74) is 1.82. The van der Waals surface area contributed by atoms with E-state index in [0.29, 0.717) is 34.2 Å². The molecule has 1 heterocycles. The van der Waals surface area contributed by atoms with Crippen molar-refractivity contribution in [3.63, 3.8) is 0 Å². The number of anilines is 1. The number of amides is 2. The first-order valence-electron chi connectivity index (χ1n) is 8.90. The SMILES string of the molecule is COc1ccc(C(=O)NCc2cc(COc3ccc(NC(C)=O)cc3)no2)cc1. The Labute approximate surface area is 167 Å². The van der Waals surface area contributed by atoms with Gasteiger partial charge in [-0.15, -0.1) is 0 Å². The Morgan fingerprint density at radius 3 is 2.38 bits per heavy atom. The van der Waals surface area contributed by atoms with Crippen LogP contribution in [-0.4, -0.2) is 24.1 Å². The molecule has 2 N–H and O–H groups in total. The molecule has 0 radical (unpaired) electrons. The highest BCUT2D eigenvalue weighted by Crippen LogP contribution is 2.17. The van der Waals surface area contributed by atoms with E-state index in [2.05, 4.69) is 15.8 Å². The molecule has 3 aromatic rings. The molecule has 8 nitrogen and oxygen atoms in total. The molecule has 0 aliphatic heterocycles. The largest absolute Gasteiger partial charge is 0.497 e. The Hall–Kier alpha value is -3.81. The normalized spacial score (nSPS) is 10.3. The molecular weight excluding hydrogens is 374 g/mol. The lowest BCUT2D eigenvalue weighted by molar-refractivity contribution is -0.114. The van der Waals surface area contributed by atoms with Crippen LogP contribution in [0, 0.1) is 0 Å². The Morgan fingerprint density at radius 1 is 1.03 bits per heavy atom. The Bertz CT molecular complexity index is 965. The maximum atomic E-state index is 12.2. The minimum Gasteiger partial charge on any atom is -0.497 e. The number of nitrogens with one attached hydrogen (secondary N) is 2. The smallest absolute Gasteiger partial charge is 0.251 e. The monoisotopic (exact) mass is 395 g/mol. The fraction of sp³-hybridized carbons (Fsp3) is 0.190. The molecule has 0 atom stereocenters. The number of benzene rings is 2. The molecule has 0 unspecified atom stereocenters.